The molecule has 0 atom stereocenters. The van der Waals surface area contributed by atoms with Crippen LogP contribution >= 0.6 is 21.6 Å². The van der Waals surface area contributed by atoms with E-state index in [4.69, 9.17) is 9.47 Å². The van der Waals surface area contributed by atoms with Gasteiger partial charge in [-0.2, -0.15) is 0 Å². The highest BCUT2D eigenvalue weighted by Gasteiger charge is 2.23. The van der Waals surface area contributed by atoms with E-state index < -0.39 is 0 Å². The molecule has 2 nitrogen and oxygen atoms in total. The van der Waals surface area contributed by atoms with Crippen LogP contribution in [0.5, 0.6) is 0 Å². The summed E-state index contributed by atoms with van der Waals surface area (Å²) in [4.78, 5) is 0. The predicted molar refractivity (Wildman–Crippen MR) is 53.0 cm³/mol. The number of rotatable bonds is 1. The number of hydrogen-bond donors (Lipinski definition) is 0. The van der Waals surface area contributed by atoms with Gasteiger partial charge in [0.15, 0.2) is 5.79 Å². The first-order valence-electron chi connectivity index (χ1n) is 3.47. The van der Waals surface area contributed by atoms with Crippen molar-refractivity contribution in [1.82, 2.24) is 0 Å². The third kappa shape index (κ3) is 7.00. The second-order valence-corrected chi connectivity index (χ2v) is 5.10. The summed E-state index contributed by atoms with van der Waals surface area (Å²) in [6.07, 6.45) is 4.12. The van der Waals surface area contributed by atoms with Crippen LogP contribution < -0.4 is 0 Å². The largest absolute Gasteiger partial charge is 0.348 e. The molecule has 1 aliphatic heterocycles. The lowest BCUT2D eigenvalue weighted by Crippen LogP contribution is -2.18. The Morgan fingerprint density at radius 3 is 1.45 bits per heavy atom. The molecule has 0 bridgehead atoms. The molecule has 0 aromatic heterocycles. The molecule has 1 heterocycles. The Kier molecular flexibility index (Phi) is 6.52. The van der Waals surface area contributed by atoms with Crippen LogP contribution in [-0.2, 0) is 9.47 Å². The van der Waals surface area contributed by atoms with Gasteiger partial charge in [0, 0.05) is 0 Å². The molecular formula is C7H16O2S2. The van der Waals surface area contributed by atoms with Gasteiger partial charge in [-0.05, 0) is 26.4 Å². The summed E-state index contributed by atoms with van der Waals surface area (Å²) in [5, 5.41) is 0. The Bertz CT molecular complexity index is 86.4. The van der Waals surface area contributed by atoms with E-state index in [0.29, 0.717) is 0 Å². The van der Waals surface area contributed by atoms with Crippen LogP contribution in [-0.4, -0.2) is 31.5 Å². The summed E-state index contributed by atoms with van der Waals surface area (Å²) >= 11 is 0. The molecule has 1 rings (SSSR count). The van der Waals surface area contributed by atoms with Gasteiger partial charge < -0.3 is 9.47 Å². The minimum Gasteiger partial charge on any atom is -0.348 e. The van der Waals surface area contributed by atoms with E-state index in [1.165, 1.54) is 0 Å². The van der Waals surface area contributed by atoms with Crippen LogP contribution in [0.15, 0.2) is 0 Å². The Hall–Kier alpha value is 0.620. The van der Waals surface area contributed by atoms with Gasteiger partial charge in [0.2, 0.25) is 0 Å². The summed E-state index contributed by atoms with van der Waals surface area (Å²) in [6, 6.07) is 0. The van der Waals surface area contributed by atoms with Crippen molar-refractivity contribution >= 4 is 21.6 Å². The van der Waals surface area contributed by atoms with E-state index >= 15 is 0 Å². The third-order valence-electron chi connectivity index (χ3n) is 1.15. The van der Waals surface area contributed by atoms with E-state index in [0.717, 1.165) is 13.2 Å². The molecule has 1 aliphatic rings. The second kappa shape index (κ2) is 6.17. The molecule has 0 N–H and O–H groups in total. The van der Waals surface area contributed by atoms with Crippen molar-refractivity contribution in [1.29, 1.82) is 0 Å². The minimum atomic E-state index is -0.306. The van der Waals surface area contributed by atoms with Crippen LogP contribution in [0, 0.1) is 0 Å². The fraction of sp³-hybridized carbons (Fsp3) is 1.00. The first-order chi connectivity index (χ1) is 5.12. The van der Waals surface area contributed by atoms with Gasteiger partial charge in [0.05, 0.1) is 13.2 Å². The molecule has 4 heteroatoms. The zero-order valence-corrected chi connectivity index (χ0v) is 9.18. The second-order valence-electron chi connectivity index (χ2n) is 2.43. The maximum Gasteiger partial charge on any atom is 0.162 e. The van der Waals surface area contributed by atoms with E-state index in [1.807, 2.05) is 13.8 Å². The van der Waals surface area contributed by atoms with Crippen LogP contribution in [0.4, 0.5) is 0 Å². The van der Waals surface area contributed by atoms with Crippen molar-refractivity contribution in [3.63, 3.8) is 0 Å². The smallest absolute Gasteiger partial charge is 0.162 e. The first-order valence-corrected chi connectivity index (χ1v) is 6.44. The first kappa shape index (κ1) is 11.6. The van der Waals surface area contributed by atoms with Crippen LogP contribution in [0.1, 0.15) is 13.8 Å². The third-order valence-corrected chi connectivity index (χ3v) is 2.48. The molecule has 0 aromatic carbocycles. The lowest BCUT2D eigenvalue weighted by Gasteiger charge is -2.13. The number of ether oxygens (including phenoxy) is 2. The predicted octanol–water partition coefficient (Wildman–Crippen LogP) is 2.40. The van der Waals surface area contributed by atoms with Crippen molar-refractivity contribution < 1.29 is 9.47 Å². The molecule has 0 aromatic rings. The molecule has 0 unspecified atom stereocenters. The average molecular weight is 196 g/mol. The van der Waals surface area contributed by atoms with Crippen molar-refractivity contribution in [3.8, 4) is 0 Å². The Morgan fingerprint density at radius 2 is 1.36 bits per heavy atom. The Morgan fingerprint density at radius 1 is 1.00 bits per heavy atom. The van der Waals surface area contributed by atoms with Crippen LogP contribution in [0.3, 0.4) is 0 Å². The SMILES string of the molecule is CC1(C)OCCO1.CSSC. The van der Waals surface area contributed by atoms with Gasteiger partial charge in [0.25, 0.3) is 0 Å². The van der Waals surface area contributed by atoms with Gasteiger partial charge in [0.1, 0.15) is 0 Å². The number of hydrogen-bond acceptors (Lipinski definition) is 4. The lowest BCUT2D eigenvalue weighted by atomic mass is 10.4. The summed E-state index contributed by atoms with van der Waals surface area (Å²) in [7, 11) is 3.55. The van der Waals surface area contributed by atoms with Crippen molar-refractivity contribution in [2.24, 2.45) is 0 Å². The van der Waals surface area contributed by atoms with Gasteiger partial charge in [-0.25, -0.2) is 0 Å². The summed E-state index contributed by atoms with van der Waals surface area (Å²) in [5.74, 6) is -0.306. The van der Waals surface area contributed by atoms with Gasteiger partial charge in [-0.1, -0.05) is 21.6 Å². The zero-order valence-electron chi connectivity index (χ0n) is 7.55. The standard InChI is InChI=1S/C5H10O2.C2H6S2/c1-5(2)6-3-4-7-5;1-3-4-2/h3-4H2,1-2H3;1-2H3. The highest BCUT2D eigenvalue weighted by Crippen LogP contribution is 2.15. The van der Waals surface area contributed by atoms with E-state index in [1.54, 1.807) is 21.6 Å². The Labute approximate surface area is 76.8 Å². The van der Waals surface area contributed by atoms with Crippen LogP contribution in [0.25, 0.3) is 0 Å². The average Bonchev–Trinajstić information content (AvgIpc) is 2.35. The minimum absolute atomic E-state index is 0.306. The van der Waals surface area contributed by atoms with E-state index in [9.17, 15) is 0 Å². The molecular weight excluding hydrogens is 180 g/mol. The monoisotopic (exact) mass is 196 g/mol. The highest BCUT2D eigenvalue weighted by atomic mass is 33.1. The molecule has 0 radical (unpaired) electrons. The molecule has 68 valence electrons. The van der Waals surface area contributed by atoms with Gasteiger partial charge >= 0.3 is 0 Å². The van der Waals surface area contributed by atoms with E-state index in [2.05, 4.69) is 12.5 Å². The van der Waals surface area contributed by atoms with Crippen molar-refractivity contribution in [2.45, 2.75) is 19.6 Å². The summed E-state index contributed by atoms with van der Waals surface area (Å²) in [6.45, 7) is 5.32. The molecule has 0 spiro atoms. The fourth-order valence-electron chi connectivity index (χ4n) is 0.617. The quantitative estimate of drug-likeness (QED) is 0.599. The van der Waals surface area contributed by atoms with Gasteiger partial charge in [-0.3, -0.25) is 0 Å². The fourth-order valence-corrected chi connectivity index (χ4v) is 0.617. The molecule has 1 saturated heterocycles. The molecule has 0 saturated carbocycles. The lowest BCUT2D eigenvalue weighted by molar-refractivity contribution is -0.125. The van der Waals surface area contributed by atoms with Crippen molar-refractivity contribution in [2.75, 3.05) is 25.7 Å². The highest BCUT2D eigenvalue weighted by molar-refractivity contribution is 8.76. The zero-order chi connectivity index (χ0) is 8.74. The summed E-state index contributed by atoms with van der Waals surface area (Å²) < 4.78 is 10.2. The maximum atomic E-state index is 5.12. The normalized spacial score (nSPS) is 20.7. The maximum absolute atomic E-state index is 5.12. The molecule has 0 amide bonds. The van der Waals surface area contributed by atoms with Crippen LogP contribution in [0.2, 0.25) is 0 Å². The van der Waals surface area contributed by atoms with E-state index in [-0.39, 0.29) is 5.79 Å². The topological polar surface area (TPSA) is 18.5 Å². The van der Waals surface area contributed by atoms with Gasteiger partial charge in [-0.15, -0.1) is 0 Å². The molecule has 11 heavy (non-hydrogen) atoms. The molecule has 0 aliphatic carbocycles. The molecule has 1 fully saturated rings. The van der Waals surface area contributed by atoms with Crippen molar-refractivity contribution in [3.05, 3.63) is 0 Å². The Balaban J connectivity index is 0.000000218. The summed E-state index contributed by atoms with van der Waals surface area (Å²) in [5.41, 5.74) is 0.